The molecule has 0 atom stereocenters. The third kappa shape index (κ3) is 4.54. The van der Waals surface area contributed by atoms with Crippen LogP contribution in [0.4, 0.5) is 0 Å². The van der Waals surface area contributed by atoms with Crippen LogP contribution in [0.5, 0.6) is 0 Å². The molecule has 0 saturated heterocycles. The largest absolute Gasteiger partial charge is 0.0622 e. The van der Waals surface area contributed by atoms with Gasteiger partial charge in [-0.1, -0.05) is 176 Å². The van der Waals surface area contributed by atoms with Gasteiger partial charge < -0.3 is 0 Å². The summed E-state index contributed by atoms with van der Waals surface area (Å²) in [6, 6.07) is 71.3. The second-order valence-corrected chi connectivity index (χ2v) is 13.2. The Bertz CT molecular complexity index is 2860. The second kappa shape index (κ2) is 11.6. The molecule has 0 amide bonds. The third-order valence-corrected chi connectivity index (χ3v) is 10.4. The molecular weight excluding hydrogens is 601 g/mol. The topological polar surface area (TPSA) is 0 Å². The summed E-state index contributed by atoms with van der Waals surface area (Å²) in [6.07, 6.45) is 0. The number of benzene rings is 10. The summed E-state index contributed by atoms with van der Waals surface area (Å²) in [7, 11) is 0. The average molecular weight is 633 g/mol. The lowest BCUT2D eigenvalue weighted by molar-refractivity contribution is 1.61. The van der Waals surface area contributed by atoms with E-state index in [4.69, 9.17) is 0 Å². The first kappa shape index (κ1) is 28.5. The van der Waals surface area contributed by atoms with Crippen LogP contribution in [0.1, 0.15) is 0 Å². The molecule has 10 aromatic rings. The standard InChI is InChI=1S/C50H32/c1-2-14-33(15-3-1)35-17-12-19-37(30-35)49-43-24-8-10-26-45(43)50(46-27-11-9-25-44(46)49)38-20-13-18-36(31-38)47-32-39-29-28-34-16-4-5-21-40(34)48(39)42-23-7-6-22-41(42)47/h1-32H. The summed E-state index contributed by atoms with van der Waals surface area (Å²) in [5.41, 5.74) is 9.94. The van der Waals surface area contributed by atoms with Gasteiger partial charge in [-0.15, -0.1) is 0 Å². The highest BCUT2D eigenvalue weighted by molar-refractivity contribution is 6.24. The summed E-state index contributed by atoms with van der Waals surface area (Å²) < 4.78 is 0. The fourth-order valence-corrected chi connectivity index (χ4v) is 8.19. The van der Waals surface area contributed by atoms with Gasteiger partial charge in [-0.3, -0.25) is 0 Å². The molecule has 10 aromatic carbocycles. The van der Waals surface area contributed by atoms with Gasteiger partial charge in [0.2, 0.25) is 0 Å². The summed E-state index contributed by atoms with van der Waals surface area (Å²) >= 11 is 0. The maximum atomic E-state index is 2.40. The fourth-order valence-electron chi connectivity index (χ4n) is 8.19. The molecule has 0 bridgehead atoms. The Morgan fingerprint density at radius 3 is 1.30 bits per heavy atom. The van der Waals surface area contributed by atoms with Gasteiger partial charge in [0.25, 0.3) is 0 Å². The van der Waals surface area contributed by atoms with E-state index in [2.05, 4.69) is 194 Å². The summed E-state index contributed by atoms with van der Waals surface area (Å²) in [5, 5.41) is 12.8. The number of rotatable bonds is 4. The van der Waals surface area contributed by atoms with Crippen molar-refractivity contribution in [3.8, 4) is 44.5 Å². The Morgan fingerprint density at radius 1 is 0.220 bits per heavy atom. The monoisotopic (exact) mass is 632 g/mol. The lowest BCUT2D eigenvalue weighted by atomic mass is 9.84. The molecule has 0 aliphatic carbocycles. The van der Waals surface area contributed by atoms with Crippen molar-refractivity contribution in [2.24, 2.45) is 0 Å². The molecule has 0 unspecified atom stereocenters. The predicted molar refractivity (Wildman–Crippen MR) is 216 cm³/mol. The lowest BCUT2D eigenvalue weighted by Crippen LogP contribution is -1.92. The normalized spacial score (nSPS) is 11.6. The van der Waals surface area contributed by atoms with E-state index in [9.17, 15) is 0 Å². The summed E-state index contributed by atoms with van der Waals surface area (Å²) in [5.74, 6) is 0. The van der Waals surface area contributed by atoms with Crippen LogP contribution in [0.15, 0.2) is 194 Å². The van der Waals surface area contributed by atoms with E-state index in [1.807, 2.05) is 0 Å². The zero-order valence-electron chi connectivity index (χ0n) is 27.5. The zero-order valence-corrected chi connectivity index (χ0v) is 27.5. The maximum absolute atomic E-state index is 2.40. The van der Waals surface area contributed by atoms with Gasteiger partial charge in [-0.2, -0.15) is 0 Å². The van der Waals surface area contributed by atoms with Gasteiger partial charge in [-0.25, -0.2) is 0 Å². The van der Waals surface area contributed by atoms with Crippen LogP contribution >= 0.6 is 0 Å². The highest BCUT2D eigenvalue weighted by atomic mass is 14.2. The molecular formula is C50H32. The molecule has 0 aliphatic rings. The molecule has 232 valence electrons. The molecule has 0 saturated carbocycles. The molecule has 0 fully saturated rings. The highest BCUT2D eigenvalue weighted by Crippen LogP contribution is 2.45. The number of fused-ring (bicyclic) bond motifs is 7. The minimum atomic E-state index is 1.22. The molecule has 50 heavy (non-hydrogen) atoms. The van der Waals surface area contributed by atoms with Crippen molar-refractivity contribution in [3.05, 3.63) is 194 Å². The van der Waals surface area contributed by atoms with E-state index in [0.29, 0.717) is 0 Å². The minimum absolute atomic E-state index is 1.22. The number of hydrogen-bond acceptors (Lipinski definition) is 0. The Balaban J connectivity index is 1.21. The van der Waals surface area contributed by atoms with E-state index in [0.717, 1.165) is 0 Å². The quantitative estimate of drug-likeness (QED) is 0.134. The van der Waals surface area contributed by atoms with Crippen molar-refractivity contribution in [2.75, 3.05) is 0 Å². The molecule has 0 heterocycles. The summed E-state index contributed by atoms with van der Waals surface area (Å²) in [4.78, 5) is 0. The summed E-state index contributed by atoms with van der Waals surface area (Å²) in [6.45, 7) is 0. The van der Waals surface area contributed by atoms with Crippen LogP contribution in [0.3, 0.4) is 0 Å². The van der Waals surface area contributed by atoms with Crippen molar-refractivity contribution >= 4 is 53.9 Å². The Hall–Kier alpha value is -6.50. The molecule has 0 N–H and O–H groups in total. The first-order chi connectivity index (χ1) is 24.8. The van der Waals surface area contributed by atoms with E-state index >= 15 is 0 Å². The third-order valence-electron chi connectivity index (χ3n) is 10.4. The molecule has 10 rings (SSSR count). The number of hydrogen-bond donors (Lipinski definition) is 0. The Kier molecular flexibility index (Phi) is 6.60. The zero-order chi connectivity index (χ0) is 33.0. The SMILES string of the molecule is c1ccc(-c2cccc(-c3c4ccccc4c(-c4cccc(-c5cc6ccc7ccccc7c6c6ccccc56)c4)c4ccccc34)c2)cc1. The predicted octanol–water partition coefficient (Wildman–Crippen LogP) is 14.1. The van der Waals surface area contributed by atoms with Crippen LogP contribution in [-0.4, -0.2) is 0 Å². The first-order valence-electron chi connectivity index (χ1n) is 17.4. The maximum Gasteiger partial charge on any atom is -0.00262 e. The van der Waals surface area contributed by atoms with Crippen molar-refractivity contribution in [1.82, 2.24) is 0 Å². The van der Waals surface area contributed by atoms with Crippen LogP contribution in [0.25, 0.3) is 98.4 Å². The van der Waals surface area contributed by atoms with E-state index < -0.39 is 0 Å². The van der Waals surface area contributed by atoms with Crippen molar-refractivity contribution in [3.63, 3.8) is 0 Å². The van der Waals surface area contributed by atoms with Crippen molar-refractivity contribution < 1.29 is 0 Å². The molecule has 0 heteroatoms. The molecule has 0 spiro atoms. The van der Waals surface area contributed by atoms with Crippen LogP contribution in [0.2, 0.25) is 0 Å². The molecule has 0 aromatic heterocycles. The van der Waals surface area contributed by atoms with Crippen LogP contribution in [0, 0.1) is 0 Å². The Morgan fingerprint density at radius 2 is 0.660 bits per heavy atom. The highest BCUT2D eigenvalue weighted by Gasteiger charge is 2.18. The average Bonchev–Trinajstić information content (AvgIpc) is 3.19. The lowest BCUT2D eigenvalue weighted by Gasteiger charge is -2.19. The van der Waals surface area contributed by atoms with Crippen molar-refractivity contribution in [1.29, 1.82) is 0 Å². The molecule has 0 radical (unpaired) electrons. The molecule has 0 aliphatic heterocycles. The van der Waals surface area contributed by atoms with Crippen LogP contribution in [-0.2, 0) is 0 Å². The van der Waals surface area contributed by atoms with Crippen molar-refractivity contribution in [2.45, 2.75) is 0 Å². The van der Waals surface area contributed by atoms with Gasteiger partial charge in [-0.05, 0) is 117 Å². The first-order valence-corrected chi connectivity index (χ1v) is 17.4. The van der Waals surface area contributed by atoms with Gasteiger partial charge in [0.05, 0.1) is 0 Å². The van der Waals surface area contributed by atoms with E-state index in [-0.39, 0.29) is 0 Å². The van der Waals surface area contributed by atoms with E-state index in [1.54, 1.807) is 0 Å². The molecule has 0 nitrogen and oxygen atoms in total. The van der Waals surface area contributed by atoms with E-state index in [1.165, 1.54) is 98.4 Å². The van der Waals surface area contributed by atoms with Gasteiger partial charge in [0.15, 0.2) is 0 Å². The van der Waals surface area contributed by atoms with Crippen LogP contribution < -0.4 is 0 Å². The van der Waals surface area contributed by atoms with Gasteiger partial charge >= 0.3 is 0 Å². The minimum Gasteiger partial charge on any atom is -0.0622 e. The Labute approximate surface area is 291 Å². The second-order valence-electron chi connectivity index (χ2n) is 13.2. The fraction of sp³-hybridized carbons (Fsp3) is 0. The van der Waals surface area contributed by atoms with Gasteiger partial charge in [0, 0.05) is 0 Å². The van der Waals surface area contributed by atoms with Gasteiger partial charge in [0.1, 0.15) is 0 Å². The smallest absolute Gasteiger partial charge is 0.00262 e.